The Labute approximate surface area is 217 Å². The van der Waals surface area contributed by atoms with Crippen molar-refractivity contribution in [1.82, 2.24) is 9.97 Å². The van der Waals surface area contributed by atoms with Crippen molar-refractivity contribution in [2.24, 2.45) is 0 Å². The molecule has 9 heteroatoms. The summed E-state index contributed by atoms with van der Waals surface area (Å²) in [6, 6.07) is 18.4. The zero-order valence-electron chi connectivity index (χ0n) is 20.6. The van der Waals surface area contributed by atoms with E-state index in [1.165, 1.54) is 29.8 Å². The number of fused-ring (bicyclic) bond motifs is 1. The van der Waals surface area contributed by atoms with Gasteiger partial charge >= 0.3 is 6.18 Å². The predicted octanol–water partition coefficient (Wildman–Crippen LogP) is 5.85. The number of hydrogen-bond acceptors (Lipinski definition) is 4. The van der Waals surface area contributed by atoms with Crippen LogP contribution < -0.4 is 10.6 Å². The van der Waals surface area contributed by atoms with Crippen LogP contribution in [0.3, 0.4) is 0 Å². The van der Waals surface area contributed by atoms with E-state index < -0.39 is 17.8 Å². The molecule has 1 heterocycles. The Bertz CT molecular complexity index is 1420. The van der Waals surface area contributed by atoms with Gasteiger partial charge in [-0.2, -0.15) is 18.2 Å². The van der Waals surface area contributed by atoms with Gasteiger partial charge in [0, 0.05) is 23.6 Å². The monoisotopic (exact) mass is 523 g/mol. The number of aromatic nitrogens is 2. The molecule has 3 aromatic carbocycles. The number of rotatable bonds is 6. The summed E-state index contributed by atoms with van der Waals surface area (Å²) in [5.41, 5.74) is 4.23. The normalized spacial score (nSPS) is 16.1. The van der Waals surface area contributed by atoms with Crippen LogP contribution in [-0.2, 0) is 19.0 Å². The second-order valence-electron chi connectivity index (χ2n) is 9.52. The third-order valence-corrected chi connectivity index (χ3v) is 6.77. The molecule has 0 aliphatic heterocycles. The number of alkyl halides is 3. The molecule has 5 rings (SSSR count). The van der Waals surface area contributed by atoms with Crippen molar-refractivity contribution >= 4 is 17.5 Å². The third kappa shape index (κ3) is 5.84. The Hall–Kier alpha value is -3.82. The summed E-state index contributed by atoms with van der Waals surface area (Å²) in [5, 5.41) is 15.4. The van der Waals surface area contributed by atoms with Crippen molar-refractivity contribution in [2.45, 2.75) is 44.5 Å². The van der Waals surface area contributed by atoms with E-state index in [0.29, 0.717) is 23.5 Å². The van der Waals surface area contributed by atoms with Crippen molar-refractivity contribution in [3.05, 3.63) is 101 Å². The first kappa shape index (κ1) is 25.8. The zero-order chi connectivity index (χ0) is 26.9. The van der Waals surface area contributed by atoms with Crippen LogP contribution in [0, 0.1) is 5.82 Å². The first-order chi connectivity index (χ1) is 18.2. The minimum absolute atomic E-state index is 0.258. The summed E-state index contributed by atoms with van der Waals surface area (Å²) in [4.78, 5) is 9.25. The van der Waals surface area contributed by atoms with Crippen molar-refractivity contribution < 1.29 is 28.0 Å². The quantitative estimate of drug-likeness (QED) is 0.219. The molecule has 196 valence electrons. The van der Waals surface area contributed by atoms with E-state index in [-0.39, 0.29) is 17.8 Å². The number of halogens is 4. The molecule has 4 aromatic rings. The lowest BCUT2D eigenvalue weighted by molar-refractivity contribution is -0.483. The summed E-state index contributed by atoms with van der Waals surface area (Å²) in [6.45, 7) is 1.89. The molecular weight excluding hydrogens is 496 g/mol. The molecule has 0 saturated carbocycles. The van der Waals surface area contributed by atoms with Crippen LogP contribution in [0.1, 0.15) is 41.6 Å². The SMILES string of the molecule is C[C@H](Nc1nc([NH2+]c2cccc3c2C[C@H](O)CC3)cc(-c2ccc(C(F)(F)F)cc2)n1)c1ccc(F)cc1. The molecule has 1 aliphatic carbocycles. The Balaban J connectivity index is 1.51. The first-order valence-electron chi connectivity index (χ1n) is 12.4. The minimum atomic E-state index is -4.43. The van der Waals surface area contributed by atoms with Gasteiger partial charge in [0.05, 0.1) is 23.4 Å². The average molecular weight is 524 g/mol. The van der Waals surface area contributed by atoms with Crippen molar-refractivity contribution in [2.75, 3.05) is 5.32 Å². The molecule has 0 bridgehead atoms. The van der Waals surface area contributed by atoms with Crippen LogP contribution in [0.5, 0.6) is 0 Å². The van der Waals surface area contributed by atoms with Crippen LogP contribution in [-0.4, -0.2) is 21.2 Å². The summed E-state index contributed by atoms with van der Waals surface area (Å²) in [7, 11) is 0. The predicted molar refractivity (Wildman–Crippen MR) is 137 cm³/mol. The second kappa shape index (κ2) is 10.5. The number of nitrogens with one attached hydrogen (secondary N) is 1. The van der Waals surface area contributed by atoms with E-state index in [9.17, 15) is 22.7 Å². The Morgan fingerprint density at radius 2 is 1.74 bits per heavy atom. The highest BCUT2D eigenvalue weighted by Crippen LogP contribution is 2.32. The Morgan fingerprint density at radius 3 is 2.45 bits per heavy atom. The van der Waals surface area contributed by atoms with E-state index >= 15 is 0 Å². The maximum atomic E-state index is 13.4. The molecule has 0 saturated heterocycles. The van der Waals surface area contributed by atoms with Gasteiger partial charge in [0.2, 0.25) is 11.8 Å². The van der Waals surface area contributed by atoms with Crippen LogP contribution in [0.15, 0.2) is 72.8 Å². The molecule has 0 spiro atoms. The highest BCUT2D eigenvalue weighted by molar-refractivity contribution is 5.63. The lowest BCUT2D eigenvalue weighted by Crippen LogP contribution is -2.72. The number of anilines is 1. The largest absolute Gasteiger partial charge is 0.416 e. The van der Waals surface area contributed by atoms with Gasteiger partial charge in [0.25, 0.3) is 0 Å². The van der Waals surface area contributed by atoms with E-state index in [1.807, 2.05) is 24.4 Å². The van der Waals surface area contributed by atoms with Gasteiger partial charge in [-0.05, 0) is 61.2 Å². The van der Waals surface area contributed by atoms with Gasteiger partial charge < -0.3 is 10.4 Å². The Morgan fingerprint density at radius 1 is 1.00 bits per heavy atom. The summed E-state index contributed by atoms with van der Waals surface area (Å²) in [5.74, 6) is 0.516. The van der Waals surface area contributed by atoms with Gasteiger partial charge in [0.15, 0.2) is 0 Å². The van der Waals surface area contributed by atoms with Crippen molar-refractivity contribution in [1.29, 1.82) is 0 Å². The van der Waals surface area contributed by atoms with Gasteiger partial charge in [-0.1, -0.05) is 36.4 Å². The fourth-order valence-electron chi connectivity index (χ4n) is 4.70. The number of nitrogens with two attached hydrogens (primary N) is 1. The van der Waals surface area contributed by atoms with E-state index in [1.54, 1.807) is 18.2 Å². The fraction of sp³-hybridized carbons (Fsp3) is 0.241. The number of nitrogens with zero attached hydrogens (tertiary/aromatic N) is 2. The molecule has 0 radical (unpaired) electrons. The molecule has 1 aliphatic rings. The highest BCUT2D eigenvalue weighted by Gasteiger charge is 2.30. The molecule has 38 heavy (non-hydrogen) atoms. The van der Waals surface area contributed by atoms with Crippen LogP contribution in [0.2, 0.25) is 0 Å². The summed E-state index contributed by atoms with van der Waals surface area (Å²) < 4.78 is 52.7. The number of aliphatic hydroxyl groups is 1. The Kier molecular flexibility index (Phi) is 7.14. The van der Waals surface area contributed by atoms with Crippen molar-refractivity contribution in [3.63, 3.8) is 0 Å². The van der Waals surface area contributed by atoms with Crippen LogP contribution in [0.4, 0.5) is 35.0 Å². The van der Waals surface area contributed by atoms with E-state index in [4.69, 9.17) is 0 Å². The standard InChI is InChI=1S/C29H26F4N4O/c1-17(18-7-12-22(30)13-8-18)34-28-36-26(20-5-10-21(11-6-20)29(31,32)33)16-27(37-28)35-25-4-2-3-19-9-14-23(38)15-24(19)25/h2-8,10-13,16-17,23,38H,9,14-15H2,1H3,(H2,34,35,36,37)/p+1/t17-,23+/m0/s1. The van der Waals surface area contributed by atoms with Gasteiger partial charge in [0.1, 0.15) is 11.5 Å². The smallest absolute Gasteiger partial charge is 0.393 e. The average Bonchev–Trinajstić information content (AvgIpc) is 2.89. The lowest BCUT2D eigenvalue weighted by atomic mass is 9.88. The van der Waals surface area contributed by atoms with Crippen LogP contribution in [0.25, 0.3) is 11.3 Å². The topological polar surface area (TPSA) is 74.7 Å². The van der Waals surface area contributed by atoms with E-state index in [2.05, 4.69) is 21.4 Å². The summed E-state index contributed by atoms with van der Waals surface area (Å²) >= 11 is 0. The molecular formula is C29H27F4N4O+. The number of aryl methyl sites for hydroxylation is 1. The summed E-state index contributed by atoms with van der Waals surface area (Å²) in [6.07, 6.45) is -2.78. The fourth-order valence-corrected chi connectivity index (χ4v) is 4.70. The molecule has 0 unspecified atom stereocenters. The molecule has 5 nitrogen and oxygen atoms in total. The first-order valence-corrected chi connectivity index (χ1v) is 12.4. The number of aliphatic hydroxyl groups excluding tert-OH is 1. The van der Waals surface area contributed by atoms with Gasteiger partial charge in [-0.3, -0.25) is 5.32 Å². The second-order valence-corrected chi connectivity index (χ2v) is 9.52. The molecule has 0 amide bonds. The van der Waals surface area contributed by atoms with E-state index in [0.717, 1.165) is 41.8 Å². The molecule has 2 atom stereocenters. The van der Waals surface area contributed by atoms with Gasteiger partial charge in [-0.25, -0.2) is 9.37 Å². The number of quaternary nitrogens is 1. The molecule has 1 aromatic heterocycles. The maximum absolute atomic E-state index is 13.4. The van der Waals surface area contributed by atoms with Gasteiger partial charge in [-0.15, -0.1) is 0 Å². The van der Waals surface area contributed by atoms with Crippen LogP contribution >= 0.6 is 0 Å². The molecule has 4 N–H and O–H groups in total. The number of benzene rings is 3. The minimum Gasteiger partial charge on any atom is -0.393 e. The van der Waals surface area contributed by atoms with Crippen molar-refractivity contribution in [3.8, 4) is 11.3 Å². The third-order valence-electron chi connectivity index (χ3n) is 6.77. The lowest BCUT2D eigenvalue weighted by Gasteiger charge is -2.21. The zero-order valence-corrected chi connectivity index (χ0v) is 20.6. The molecule has 0 fully saturated rings. The maximum Gasteiger partial charge on any atom is 0.416 e. The highest BCUT2D eigenvalue weighted by atomic mass is 19.4. The number of hydrogen-bond donors (Lipinski definition) is 3.